The van der Waals surface area contributed by atoms with Gasteiger partial charge in [0.25, 0.3) is 0 Å². The molecule has 0 spiro atoms. The first-order valence-corrected chi connectivity index (χ1v) is 9.19. The number of carbonyl (C=O) groups is 1. The summed E-state index contributed by atoms with van der Waals surface area (Å²) in [5.41, 5.74) is 0. The van der Waals surface area contributed by atoms with Crippen LogP contribution < -0.4 is 0 Å². The van der Waals surface area contributed by atoms with Crippen molar-refractivity contribution in [2.45, 2.75) is 70.4 Å². The summed E-state index contributed by atoms with van der Waals surface area (Å²) < 4.78 is 15.3. The van der Waals surface area contributed by atoms with Crippen LogP contribution in [0.15, 0.2) is 0 Å². The number of aliphatic hydroxyl groups excluding tert-OH is 1. The second-order valence-corrected chi connectivity index (χ2v) is 6.68. The minimum Gasteiger partial charge on any atom is -0.453 e. The van der Waals surface area contributed by atoms with Gasteiger partial charge in [0.15, 0.2) is 0 Å². The van der Waals surface area contributed by atoms with E-state index in [1.807, 2.05) is 4.90 Å². The van der Waals surface area contributed by atoms with Gasteiger partial charge >= 0.3 is 6.09 Å². The zero-order valence-corrected chi connectivity index (χ0v) is 15.5. The summed E-state index contributed by atoms with van der Waals surface area (Å²) in [6.07, 6.45) is 7.66. The van der Waals surface area contributed by atoms with Crippen molar-refractivity contribution >= 4 is 6.09 Å². The van der Waals surface area contributed by atoms with E-state index in [2.05, 4.69) is 6.92 Å². The molecule has 142 valence electrons. The molecule has 6 nitrogen and oxygen atoms in total. The van der Waals surface area contributed by atoms with E-state index in [9.17, 15) is 4.79 Å². The van der Waals surface area contributed by atoms with Crippen molar-refractivity contribution in [2.24, 2.45) is 5.92 Å². The molecule has 0 aromatic carbocycles. The lowest BCUT2D eigenvalue weighted by Crippen LogP contribution is -2.53. The van der Waals surface area contributed by atoms with Gasteiger partial charge in [0.2, 0.25) is 0 Å². The highest BCUT2D eigenvalue weighted by Gasteiger charge is 2.38. The van der Waals surface area contributed by atoms with Crippen molar-refractivity contribution in [3.05, 3.63) is 0 Å². The van der Waals surface area contributed by atoms with Crippen LogP contribution in [0.2, 0.25) is 0 Å². The van der Waals surface area contributed by atoms with Gasteiger partial charge in [-0.15, -0.1) is 0 Å². The Bertz CT molecular complexity index is 339. The molecular weight excluding hydrogens is 310 g/mol. The van der Waals surface area contributed by atoms with Crippen molar-refractivity contribution in [3.63, 3.8) is 0 Å². The number of nitrogens with zero attached hydrogens (tertiary/aromatic N) is 1. The van der Waals surface area contributed by atoms with Crippen LogP contribution in [0.1, 0.15) is 58.3 Å². The molecular formula is C18H35NO5. The average molecular weight is 345 g/mol. The van der Waals surface area contributed by atoms with Crippen LogP contribution >= 0.6 is 0 Å². The lowest BCUT2D eigenvalue weighted by Gasteiger charge is -2.45. The minimum atomic E-state index is -0.212. The number of unbranched alkanes of at least 4 members (excludes halogenated alkanes) is 2. The SMILES string of the molecule is COCOCCC[C@@H]1[C@@H](C)CC[C@H](CCCCCO)N1C(=O)OC. The Labute approximate surface area is 146 Å². The Balaban J connectivity index is 2.59. The molecule has 6 heteroatoms. The lowest BCUT2D eigenvalue weighted by molar-refractivity contribution is -0.0355. The van der Waals surface area contributed by atoms with Crippen LogP contribution in [0.3, 0.4) is 0 Å². The van der Waals surface area contributed by atoms with Gasteiger partial charge in [0, 0.05) is 32.4 Å². The number of rotatable bonds is 11. The summed E-state index contributed by atoms with van der Waals surface area (Å²) in [7, 11) is 3.08. The second kappa shape index (κ2) is 12.5. The molecule has 0 aromatic rings. The molecule has 0 unspecified atom stereocenters. The normalized spacial score (nSPS) is 24.2. The zero-order chi connectivity index (χ0) is 17.8. The molecule has 24 heavy (non-hydrogen) atoms. The van der Waals surface area contributed by atoms with Crippen LogP contribution in [-0.2, 0) is 14.2 Å². The third kappa shape index (κ3) is 6.95. The van der Waals surface area contributed by atoms with Gasteiger partial charge in [-0.25, -0.2) is 4.79 Å². The predicted molar refractivity (Wildman–Crippen MR) is 92.8 cm³/mol. The van der Waals surface area contributed by atoms with E-state index in [4.69, 9.17) is 19.3 Å². The molecule has 1 rings (SSSR count). The fourth-order valence-corrected chi connectivity index (χ4v) is 3.63. The first kappa shape index (κ1) is 21.2. The van der Waals surface area contributed by atoms with Gasteiger partial charge in [0.1, 0.15) is 6.79 Å². The third-order valence-corrected chi connectivity index (χ3v) is 4.93. The van der Waals surface area contributed by atoms with Crippen LogP contribution in [0.4, 0.5) is 4.79 Å². The Kier molecular flexibility index (Phi) is 11.0. The van der Waals surface area contributed by atoms with E-state index in [-0.39, 0.29) is 24.8 Å². The molecule has 1 aliphatic heterocycles. The average Bonchev–Trinajstić information content (AvgIpc) is 2.59. The number of hydrogen-bond acceptors (Lipinski definition) is 5. The summed E-state index contributed by atoms with van der Waals surface area (Å²) in [5.74, 6) is 0.472. The number of carbonyl (C=O) groups excluding carboxylic acids is 1. The highest BCUT2D eigenvalue weighted by atomic mass is 16.7. The van der Waals surface area contributed by atoms with E-state index < -0.39 is 0 Å². The molecule has 1 fully saturated rings. The fourth-order valence-electron chi connectivity index (χ4n) is 3.63. The van der Waals surface area contributed by atoms with Crippen LogP contribution in [0, 0.1) is 5.92 Å². The quantitative estimate of drug-likeness (QED) is 0.460. The number of piperidine rings is 1. The molecule has 0 saturated carbocycles. The number of ether oxygens (including phenoxy) is 3. The van der Waals surface area contributed by atoms with Crippen LogP contribution in [-0.4, -0.2) is 62.4 Å². The highest BCUT2D eigenvalue weighted by molar-refractivity contribution is 5.68. The number of methoxy groups -OCH3 is 2. The molecule has 0 aliphatic carbocycles. The minimum absolute atomic E-state index is 0.209. The van der Waals surface area contributed by atoms with Gasteiger partial charge in [-0.3, -0.25) is 0 Å². The lowest BCUT2D eigenvalue weighted by atomic mass is 9.83. The summed E-state index contributed by atoms with van der Waals surface area (Å²) in [5, 5.41) is 8.91. The van der Waals surface area contributed by atoms with E-state index in [0.29, 0.717) is 19.3 Å². The third-order valence-electron chi connectivity index (χ3n) is 4.93. The van der Waals surface area contributed by atoms with E-state index in [1.165, 1.54) is 7.11 Å². The molecule has 1 heterocycles. The molecule has 0 bridgehead atoms. The molecule has 1 N–H and O–H groups in total. The summed E-state index contributed by atoms with van der Waals surface area (Å²) >= 11 is 0. The van der Waals surface area contributed by atoms with Crippen molar-refractivity contribution in [2.75, 3.05) is 34.2 Å². The number of amides is 1. The predicted octanol–water partition coefficient (Wildman–Crippen LogP) is 3.18. The van der Waals surface area contributed by atoms with E-state index in [1.54, 1.807) is 7.11 Å². The van der Waals surface area contributed by atoms with Crippen molar-refractivity contribution in [3.8, 4) is 0 Å². The number of hydrogen-bond donors (Lipinski definition) is 1. The summed E-state index contributed by atoms with van der Waals surface area (Å²) in [6, 6.07) is 0.456. The van der Waals surface area contributed by atoms with Gasteiger partial charge in [-0.2, -0.15) is 0 Å². The molecule has 1 saturated heterocycles. The van der Waals surface area contributed by atoms with Gasteiger partial charge in [-0.1, -0.05) is 19.8 Å². The smallest absolute Gasteiger partial charge is 0.409 e. The number of likely N-dealkylation sites (tertiary alicyclic amines) is 1. The first-order valence-electron chi connectivity index (χ1n) is 9.19. The molecule has 3 atom stereocenters. The Morgan fingerprint density at radius 3 is 2.58 bits per heavy atom. The molecule has 1 amide bonds. The van der Waals surface area contributed by atoms with Crippen LogP contribution in [0.5, 0.6) is 0 Å². The Hall–Kier alpha value is -0.850. The maximum absolute atomic E-state index is 12.4. The maximum atomic E-state index is 12.4. The van der Waals surface area contributed by atoms with Gasteiger partial charge in [-0.05, 0) is 44.4 Å². The van der Waals surface area contributed by atoms with Crippen molar-refractivity contribution in [1.29, 1.82) is 0 Å². The maximum Gasteiger partial charge on any atom is 0.409 e. The Morgan fingerprint density at radius 1 is 1.12 bits per heavy atom. The van der Waals surface area contributed by atoms with Crippen molar-refractivity contribution < 1.29 is 24.1 Å². The largest absolute Gasteiger partial charge is 0.453 e. The first-order chi connectivity index (χ1) is 11.7. The highest BCUT2D eigenvalue weighted by Crippen LogP contribution is 2.33. The monoisotopic (exact) mass is 345 g/mol. The Morgan fingerprint density at radius 2 is 1.92 bits per heavy atom. The second-order valence-electron chi connectivity index (χ2n) is 6.68. The van der Waals surface area contributed by atoms with E-state index >= 15 is 0 Å². The zero-order valence-electron chi connectivity index (χ0n) is 15.5. The fraction of sp³-hybridized carbons (Fsp3) is 0.944. The summed E-state index contributed by atoms with van der Waals surface area (Å²) in [4.78, 5) is 14.3. The van der Waals surface area contributed by atoms with E-state index in [0.717, 1.165) is 51.4 Å². The van der Waals surface area contributed by atoms with Gasteiger partial charge in [0.05, 0.1) is 7.11 Å². The van der Waals surface area contributed by atoms with Gasteiger partial charge < -0.3 is 24.2 Å². The molecule has 0 radical (unpaired) electrons. The molecule has 1 aliphatic rings. The topological polar surface area (TPSA) is 68.2 Å². The number of aliphatic hydroxyl groups is 1. The summed E-state index contributed by atoms with van der Waals surface area (Å²) in [6.45, 7) is 3.42. The van der Waals surface area contributed by atoms with Crippen molar-refractivity contribution in [1.82, 2.24) is 4.90 Å². The molecule has 0 aromatic heterocycles. The standard InChI is InChI=1S/C18H35NO5/c1-15-10-11-16(8-5-4-6-12-20)19(18(21)23-3)17(15)9-7-13-24-14-22-2/h15-17,20H,4-14H2,1-3H3/t15-,16-,17+/m0/s1. The van der Waals surface area contributed by atoms with Crippen LogP contribution in [0.25, 0.3) is 0 Å².